The molecule has 2 saturated heterocycles. The summed E-state index contributed by atoms with van der Waals surface area (Å²) >= 11 is 18.3. The zero-order valence-electron chi connectivity index (χ0n) is 26.6. The molecule has 11 nitrogen and oxygen atoms in total. The molecule has 4 aromatic rings. The summed E-state index contributed by atoms with van der Waals surface area (Å²) in [5.74, 6) is 0.352. The molecule has 2 aromatic carbocycles. The van der Waals surface area contributed by atoms with Crippen LogP contribution >= 0.6 is 34.8 Å². The largest absolute Gasteiger partial charge is 0.486 e. The molecule has 2 aliphatic heterocycles. The van der Waals surface area contributed by atoms with Gasteiger partial charge in [0.25, 0.3) is 5.56 Å². The number of halogens is 3. The Labute approximate surface area is 294 Å². The van der Waals surface area contributed by atoms with Gasteiger partial charge in [-0.25, -0.2) is 0 Å². The summed E-state index contributed by atoms with van der Waals surface area (Å²) in [4.78, 5) is 29.8. The Balaban J connectivity index is 0.000000194. The van der Waals surface area contributed by atoms with Crippen molar-refractivity contribution in [3.05, 3.63) is 109 Å². The van der Waals surface area contributed by atoms with E-state index in [1.54, 1.807) is 60.9 Å². The Morgan fingerprint density at radius 1 is 0.750 bits per heavy atom. The molecule has 0 atom stereocenters. The van der Waals surface area contributed by atoms with E-state index in [0.717, 1.165) is 77.3 Å². The first-order valence-electron chi connectivity index (χ1n) is 15.9. The number of hydrogen-bond donors (Lipinski definition) is 2. The van der Waals surface area contributed by atoms with E-state index in [0.29, 0.717) is 39.5 Å². The van der Waals surface area contributed by atoms with E-state index in [1.807, 2.05) is 6.08 Å². The molecule has 0 aliphatic carbocycles. The van der Waals surface area contributed by atoms with Gasteiger partial charge >= 0.3 is 5.56 Å². The second-order valence-corrected chi connectivity index (χ2v) is 12.5. The van der Waals surface area contributed by atoms with Crippen molar-refractivity contribution in [1.82, 2.24) is 30.2 Å². The average Bonchev–Trinajstić information content (AvgIpc) is 3.11. The van der Waals surface area contributed by atoms with E-state index in [1.165, 1.54) is 9.36 Å². The summed E-state index contributed by atoms with van der Waals surface area (Å²) in [5, 5.41) is 16.5. The third-order valence-corrected chi connectivity index (χ3v) is 8.71. The summed E-state index contributed by atoms with van der Waals surface area (Å²) in [6.45, 7) is 10.9. The van der Waals surface area contributed by atoms with Crippen LogP contribution in [0.1, 0.15) is 19.3 Å². The second kappa shape index (κ2) is 17.5. The third kappa shape index (κ3) is 8.97. The topological polar surface area (TPSA) is 110 Å². The maximum Gasteiger partial charge on any atom is 0.316 e. The molecule has 2 aromatic heterocycles. The van der Waals surface area contributed by atoms with E-state index in [2.05, 4.69) is 37.2 Å². The highest BCUT2D eigenvalue weighted by Gasteiger charge is 2.21. The van der Waals surface area contributed by atoms with Crippen LogP contribution in [0.4, 0.5) is 11.4 Å². The number of rotatable bonds is 10. The van der Waals surface area contributed by atoms with Crippen LogP contribution in [-0.2, 0) is 0 Å². The van der Waals surface area contributed by atoms with E-state index in [9.17, 15) is 9.59 Å². The van der Waals surface area contributed by atoms with Crippen LogP contribution in [0.25, 0.3) is 11.4 Å². The molecule has 4 heterocycles. The highest BCUT2D eigenvalue weighted by atomic mass is 35.5. The second-order valence-electron chi connectivity index (χ2n) is 11.2. The third-order valence-electron chi connectivity index (χ3n) is 7.89. The Hall–Kier alpha value is -3.87. The van der Waals surface area contributed by atoms with Crippen molar-refractivity contribution < 1.29 is 4.74 Å². The summed E-state index contributed by atoms with van der Waals surface area (Å²) < 4.78 is 8.57. The van der Waals surface area contributed by atoms with Crippen LogP contribution < -0.4 is 36.3 Å². The Morgan fingerprint density at radius 2 is 1.27 bits per heavy atom. The van der Waals surface area contributed by atoms with Crippen molar-refractivity contribution in [1.29, 1.82) is 0 Å². The monoisotopic (exact) mass is 712 g/mol. The predicted molar refractivity (Wildman–Crippen MR) is 194 cm³/mol. The number of allylic oxidation sites excluding steroid dienone is 1. The first-order chi connectivity index (χ1) is 23.4. The molecule has 14 heteroatoms. The minimum Gasteiger partial charge on any atom is -0.486 e. The number of hydrogen-bond acceptors (Lipinski definition) is 9. The fourth-order valence-electron chi connectivity index (χ4n) is 5.39. The Bertz CT molecular complexity index is 1800. The minimum atomic E-state index is -0.338. The standard InChI is InChI=1S/C20H25ClN4O2.C14H14Cl2N4O/c1-2-3-4-5-13-27-19-18(24-11-9-22-10-12-24)15-23-25(20(19)26)17-8-6-7-16(21)14-17;15-10-2-1-3-11(8-10)20-14(21)13(16)12(9-18-20)19-6-4-17-5-7-19/h2,6-8,14-15,22H,1,3-5,9-13H2;1-3,8-9,17H,4-7H2. The first-order valence-corrected chi connectivity index (χ1v) is 17.1. The molecular weight excluding hydrogens is 675 g/mol. The summed E-state index contributed by atoms with van der Waals surface area (Å²) in [5.41, 5.74) is 2.05. The zero-order chi connectivity index (χ0) is 33.9. The summed E-state index contributed by atoms with van der Waals surface area (Å²) in [7, 11) is 0. The molecular formula is C34H39Cl3N8O3. The summed E-state index contributed by atoms with van der Waals surface area (Å²) in [6, 6.07) is 14.0. The molecule has 0 saturated carbocycles. The number of unbranched alkanes of at least 4 members (excludes halogenated alkanes) is 2. The SMILES string of the molecule is C=CCCCCOc1c(N2CCNCC2)cnn(-c2cccc(Cl)c2)c1=O.O=c1c(Cl)c(N2CCNCC2)cnn1-c1cccc(Cl)c1. The molecule has 2 aliphatic rings. The van der Waals surface area contributed by atoms with Gasteiger partial charge in [-0.2, -0.15) is 19.6 Å². The highest BCUT2D eigenvalue weighted by Crippen LogP contribution is 2.26. The smallest absolute Gasteiger partial charge is 0.316 e. The predicted octanol–water partition coefficient (Wildman–Crippen LogP) is 4.98. The van der Waals surface area contributed by atoms with Crippen molar-refractivity contribution in [2.24, 2.45) is 0 Å². The summed E-state index contributed by atoms with van der Waals surface area (Å²) in [6.07, 6.45) is 8.04. The lowest BCUT2D eigenvalue weighted by atomic mass is 10.2. The van der Waals surface area contributed by atoms with Crippen molar-refractivity contribution >= 4 is 46.2 Å². The fraction of sp³-hybridized carbons (Fsp3) is 0.353. The average molecular weight is 714 g/mol. The quantitative estimate of drug-likeness (QED) is 0.174. The molecule has 0 unspecified atom stereocenters. The lowest BCUT2D eigenvalue weighted by Crippen LogP contribution is -2.44. The van der Waals surface area contributed by atoms with Crippen molar-refractivity contribution in [2.45, 2.75) is 19.3 Å². The van der Waals surface area contributed by atoms with Crippen LogP contribution in [0.3, 0.4) is 0 Å². The van der Waals surface area contributed by atoms with Gasteiger partial charge in [0.15, 0.2) is 0 Å². The molecule has 0 bridgehead atoms. The van der Waals surface area contributed by atoms with Crippen LogP contribution in [0, 0.1) is 0 Å². The van der Waals surface area contributed by atoms with Gasteiger partial charge in [0.05, 0.1) is 36.1 Å². The van der Waals surface area contributed by atoms with Gasteiger partial charge in [-0.15, -0.1) is 6.58 Å². The Morgan fingerprint density at radius 3 is 1.81 bits per heavy atom. The number of nitrogens with one attached hydrogen (secondary N) is 2. The van der Waals surface area contributed by atoms with Crippen molar-refractivity contribution in [3.8, 4) is 17.1 Å². The lowest BCUT2D eigenvalue weighted by Gasteiger charge is -2.30. The molecule has 0 radical (unpaired) electrons. The fourth-order valence-corrected chi connectivity index (χ4v) is 6.01. The van der Waals surface area contributed by atoms with Gasteiger partial charge in [-0.05, 0) is 55.7 Å². The van der Waals surface area contributed by atoms with Gasteiger partial charge < -0.3 is 25.2 Å². The molecule has 0 spiro atoms. The van der Waals surface area contributed by atoms with Crippen LogP contribution in [0.5, 0.6) is 5.75 Å². The number of benzene rings is 2. The van der Waals surface area contributed by atoms with Gasteiger partial charge in [-0.3, -0.25) is 9.59 Å². The number of piperazine rings is 2. The van der Waals surface area contributed by atoms with Gasteiger partial charge in [0, 0.05) is 62.4 Å². The number of nitrogens with zero attached hydrogens (tertiary/aromatic N) is 6. The lowest BCUT2D eigenvalue weighted by molar-refractivity contribution is 0.300. The number of anilines is 2. The van der Waals surface area contributed by atoms with Gasteiger partial charge in [0.2, 0.25) is 5.75 Å². The van der Waals surface area contributed by atoms with Gasteiger partial charge in [0.1, 0.15) is 10.7 Å². The first kappa shape index (κ1) is 35.4. The van der Waals surface area contributed by atoms with E-state index >= 15 is 0 Å². The normalized spacial score (nSPS) is 14.6. The molecule has 6 rings (SSSR count). The number of aromatic nitrogens is 4. The molecule has 0 amide bonds. The van der Waals surface area contributed by atoms with Crippen LogP contribution in [0.2, 0.25) is 15.1 Å². The van der Waals surface area contributed by atoms with Gasteiger partial charge in [-0.1, -0.05) is 53.0 Å². The molecule has 254 valence electrons. The van der Waals surface area contributed by atoms with Crippen LogP contribution in [-0.4, -0.2) is 78.5 Å². The van der Waals surface area contributed by atoms with Crippen molar-refractivity contribution in [2.75, 3.05) is 68.8 Å². The zero-order valence-corrected chi connectivity index (χ0v) is 28.9. The van der Waals surface area contributed by atoms with Crippen LogP contribution in [0.15, 0.2) is 83.2 Å². The minimum absolute atomic E-state index is 0.187. The molecule has 2 fully saturated rings. The number of ether oxygens (including phenoxy) is 1. The molecule has 48 heavy (non-hydrogen) atoms. The Kier molecular flexibility index (Phi) is 12.9. The van der Waals surface area contributed by atoms with E-state index in [4.69, 9.17) is 39.5 Å². The highest BCUT2D eigenvalue weighted by molar-refractivity contribution is 6.33. The van der Waals surface area contributed by atoms with E-state index < -0.39 is 0 Å². The van der Waals surface area contributed by atoms with E-state index in [-0.39, 0.29) is 16.1 Å². The maximum absolute atomic E-state index is 13.1. The maximum atomic E-state index is 13.1. The molecule has 2 N–H and O–H groups in total. The van der Waals surface area contributed by atoms with Crippen molar-refractivity contribution in [3.63, 3.8) is 0 Å².